The summed E-state index contributed by atoms with van der Waals surface area (Å²) >= 11 is 0. The first-order valence-corrected chi connectivity index (χ1v) is 4.56. The zero-order valence-electron chi connectivity index (χ0n) is 8.58. The monoisotopic (exact) mass is 184 g/mol. The molecule has 0 radical (unpaired) electrons. The van der Waals surface area contributed by atoms with Crippen LogP contribution in [0.25, 0.3) is 0 Å². The van der Waals surface area contributed by atoms with Gasteiger partial charge >= 0.3 is 0 Å². The lowest BCUT2D eigenvalue weighted by Crippen LogP contribution is -2.17. The Morgan fingerprint density at radius 3 is 1.54 bits per heavy atom. The first-order chi connectivity index (χ1) is 5.91. The van der Waals surface area contributed by atoms with Crippen molar-refractivity contribution in [2.24, 2.45) is 0 Å². The minimum absolute atomic E-state index is 0.402. The quantitative estimate of drug-likeness (QED) is 0.620. The second kappa shape index (κ2) is 5.95. The maximum Gasteiger partial charge on any atom is 0.0601 e. The molecule has 0 unspecified atom stereocenters. The first-order valence-electron chi connectivity index (χ1n) is 4.56. The average molecular weight is 184 g/mol. The molecule has 2 nitrogen and oxygen atoms in total. The van der Waals surface area contributed by atoms with Crippen molar-refractivity contribution in [1.82, 2.24) is 0 Å². The summed E-state index contributed by atoms with van der Waals surface area (Å²) in [6, 6.07) is 0. The van der Waals surface area contributed by atoms with Crippen LogP contribution in [-0.2, 0) is 0 Å². The molecule has 0 aromatic carbocycles. The summed E-state index contributed by atoms with van der Waals surface area (Å²) in [5.41, 5.74) is 1.88. The highest BCUT2D eigenvalue weighted by Gasteiger charge is 2.11. The molecule has 2 atom stereocenters. The molecule has 0 aromatic heterocycles. The summed E-state index contributed by atoms with van der Waals surface area (Å²) in [7, 11) is 0. The van der Waals surface area contributed by atoms with E-state index in [0.717, 1.165) is 11.1 Å². The van der Waals surface area contributed by atoms with Crippen LogP contribution in [0.4, 0.5) is 0 Å². The summed E-state index contributed by atoms with van der Waals surface area (Å²) in [6.07, 6.45) is 0.568. The van der Waals surface area contributed by atoms with Gasteiger partial charge in [-0.15, -0.1) is 13.2 Å². The molecule has 0 amide bonds. The van der Waals surface area contributed by atoms with E-state index < -0.39 is 12.2 Å². The molecule has 0 aliphatic carbocycles. The molecule has 0 saturated carbocycles. The van der Waals surface area contributed by atoms with E-state index in [1.807, 2.05) is 13.8 Å². The van der Waals surface area contributed by atoms with E-state index in [2.05, 4.69) is 13.2 Å². The number of aliphatic hydroxyl groups is 2. The smallest absolute Gasteiger partial charge is 0.0601 e. The van der Waals surface area contributed by atoms with Crippen molar-refractivity contribution in [2.75, 3.05) is 0 Å². The predicted octanol–water partition coefficient (Wildman–Crippen LogP) is 2.03. The molecular weight excluding hydrogens is 164 g/mol. The summed E-state index contributed by atoms with van der Waals surface area (Å²) in [4.78, 5) is 0. The van der Waals surface area contributed by atoms with E-state index in [1.165, 1.54) is 0 Å². The Morgan fingerprint density at radius 2 is 1.31 bits per heavy atom. The molecule has 0 heterocycles. The average Bonchev–Trinajstić information content (AvgIpc) is 1.80. The van der Waals surface area contributed by atoms with Crippen LogP contribution in [0.2, 0.25) is 0 Å². The van der Waals surface area contributed by atoms with Gasteiger partial charge in [-0.3, -0.25) is 0 Å². The zero-order chi connectivity index (χ0) is 10.4. The van der Waals surface area contributed by atoms with E-state index in [4.69, 9.17) is 0 Å². The topological polar surface area (TPSA) is 40.5 Å². The van der Waals surface area contributed by atoms with Crippen LogP contribution in [-0.4, -0.2) is 22.4 Å². The van der Waals surface area contributed by atoms with Crippen LogP contribution in [0, 0.1) is 0 Å². The van der Waals surface area contributed by atoms with Gasteiger partial charge in [0.05, 0.1) is 12.2 Å². The Morgan fingerprint density at radius 1 is 1.00 bits per heavy atom. The van der Waals surface area contributed by atoms with Crippen molar-refractivity contribution in [2.45, 2.75) is 45.3 Å². The molecule has 13 heavy (non-hydrogen) atoms. The second-order valence-corrected chi connectivity index (χ2v) is 3.87. The maximum atomic E-state index is 9.45. The Hall–Kier alpha value is -0.600. The molecule has 2 N–H and O–H groups in total. The molecule has 2 heteroatoms. The molecule has 0 saturated heterocycles. The van der Waals surface area contributed by atoms with Crippen LogP contribution in [0.15, 0.2) is 24.3 Å². The maximum absolute atomic E-state index is 9.45. The normalized spacial score (nSPS) is 15.1. The fourth-order valence-electron chi connectivity index (χ4n) is 1.29. The summed E-state index contributed by atoms with van der Waals surface area (Å²) < 4.78 is 0. The van der Waals surface area contributed by atoms with Gasteiger partial charge in [-0.05, 0) is 33.1 Å². The minimum Gasteiger partial charge on any atom is -0.393 e. The van der Waals surface area contributed by atoms with Gasteiger partial charge in [0.25, 0.3) is 0 Å². The highest BCUT2D eigenvalue weighted by Crippen LogP contribution is 2.12. The van der Waals surface area contributed by atoms with Crippen molar-refractivity contribution in [3.63, 3.8) is 0 Å². The van der Waals surface area contributed by atoms with Crippen LogP contribution >= 0.6 is 0 Å². The predicted molar refractivity (Wildman–Crippen MR) is 55.5 cm³/mol. The van der Waals surface area contributed by atoms with E-state index in [-0.39, 0.29) is 0 Å². The minimum atomic E-state index is -0.480. The van der Waals surface area contributed by atoms with Gasteiger partial charge in [0.15, 0.2) is 0 Å². The van der Waals surface area contributed by atoms with Crippen molar-refractivity contribution in [3.05, 3.63) is 24.3 Å². The van der Waals surface area contributed by atoms with Gasteiger partial charge in [-0.2, -0.15) is 0 Å². The van der Waals surface area contributed by atoms with Crippen molar-refractivity contribution in [1.29, 1.82) is 0 Å². The van der Waals surface area contributed by atoms with Gasteiger partial charge in [0.1, 0.15) is 0 Å². The Bertz CT molecular complexity index is 165. The fourth-order valence-corrected chi connectivity index (χ4v) is 1.29. The van der Waals surface area contributed by atoms with E-state index >= 15 is 0 Å². The van der Waals surface area contributed by atoms with Crippen LogP contribution < -0.4 is 0 Å². The number of aliphatic hydroxyl groups excluding tert-OH is 2. The molecule has 0 spiro atoms. The molecule has 0 aliphatic rings. The van der Waals surface area contributed by atoms with Crippen molar-refractivity contribution in [3.8, 4) is 0 Å². The lowest BCUT2D eigenvalue weighted by molar-refractivity contribution is 0.0812. The third kappa shape index (κ3) is 7.75. The Labute approximate surface area is 80.6 Å². The summed E-state index contributed by atoms with van der Waals surface area (Å²) in [6.45, 7) is 11.1. The number of hydrogen-bond donors (Lipinski definition) is 2. The van der Waals surface area contributed by atoms with Crippen LogP contribution in [0.1, 0.15) is 33.1 Å². The van der Waals surface area contributed by atoms with Gasteiger partial charge in [0, 0.05) is 0 Å². The summed E-state index contributed by atoms with van der Waals surface area (Å²) in [5, 5.41) is 18.9. The summed E-state index contributed by atoms with van der Waals surface area (Å²) in [5.74, 6) is 0. The lowest BCUT2D eigenvalue weighted by Gasteiger charge is -2.15. The molecule has 0 aromatic rings. The van der Waals surface area contributed by atoms with Crippen LogP contribution in [0.5, 0.6) is 0 Å². The van der Waals surface area contributed by atoms with E-state index in [9.17, 15) is 10.2 Å². The van der Waals surface area contributed by atoms with Crippen molar-refractivity contribution < 1.29 is 10.2 Å². The SMILES string of the molecule is C=C(C)C[C@@H](O)C[C@H](O)CC(=C)C. The van der Waals surface area contributed by atoms with Gasteiger partial charge < -0.3 is 10.2 Å². The van der Waals surface area contributed by atoms with E-state index in [1.54, 1.807) is 0 Å². The van der Waals surface area contributed by atoms with Gasteiger partial charge in [-0.25, -0.2) is 0 Å². The molecule has 76 valence electrons. The molecule has 0 rings (SSSR count). The van der Waals surface area contributed by atoms with E-state index in [0.29, 0.717) is 19.3 Å². The largest absolute Gasteiger partial charge is 0.393 e. The highest BCUT2D eigenvalue weighted by atomic mass is 16.3. The third-order valence-electron chi connectivity index (χ3n) is 1.71. The standard InChI is InChI=1S/C11H20O2/c1-8(2)5-10(12)7-11(13)6-9(3)4/h10-13H,1,3,5-7H2,2,4H3/t10-,11-/m1/s1. The third-order valence-corrected chi connectivity index (χ3v) is 1.71. The fraction of sp³-hybridized carbons (Fsp3) is 0.636. The van der Waals surface area contributed by atoms with Crippen molar-refractivity contribution >= 4 is 0 Å². The Kier molecular flexibility index (Phi) is 5.67. The van der Waals surface area contributed by atoms with Gasteiger partial charge in [-0.1, -0.05) is 11.1 Å². The molecule has 0 aliphatic heterocycles. The first kappa shape index (κ1) is 12.4. The molecule has 0 fully saturated rings. The molecular formula is C11H20O2. The Balaban J connectivity index is 3.70. The number of hydrogen-bond acceptors (Lipinski definition) is 2. The highest BCUT2D eigenvalue weighted by molar-refractivity contribution is 4.94. The number of rotatable bonds is 6. The lowest BCUT2D eigenvalue weighted by atomic mass is 10.0. The zero-order valence-corrected chi connectivity index (χ0v) is 8.58. The van der Waals surface area contributed by atoms with Gasteiger partial charge in [0.2, 0.25) is 0 Å². The van der Waals surface area contributed by atoms with Crippen LogP contribution in [0.3, 0.4) is 0 Å². The second-order valence-electron chi connectivity index (χ2n) is 3.87. The molecule has 0 bridgehead atoms.